The van der Waals surface area contributed by atoms with Crippen molar-refractivity contribution in [3.05, 3.63) is 35.7 Å². The van der Waals surface area contributed by atoms with E-state index in [1.165, 1.54) is 17.1 Å². The van der Waals surface area contributed by atoms with Gasteiger partial charge in [-0.25, -0.2) is 4.98 Å². The Morgan fingerprint density at radius 1 is 1.26 bits per heavy atom. The number of aryl methyl sites for hydroxylation is 1. The SMILES string of the molecule is Cc1nsc(NC(=O)CCCOc2ccc(C(C)(C)C)cc2)n1. The number of ether oxygens (including phenoxy) is 1. The number of hydrogen-bond donors (Lipinski definition) is 1. The highest BCUT2D eigenvalue weighted by Gasteiger charge is 2.13. The monoisotopic (exact) mass is 333 g/mol. The van der Waals surface area contributed by atoms with Gasteiger partial charge in [0.15, 0.2) is 0 Å². The molecule has 0 saturated heterocycles. The van der Waals surface area contributed by atoms with Crippen molar-refractivity contribution in [1.29, 1.82) is 0 Å². The van der Waals surface area contributed by atoms with Crippen LogP contribution in [0.4, 0.5) is 5.13 Å². The second-order valence-electron chi connectivity index (χ2n) is 6.42. The summed E-state index contributed by atoms with van der Waals surface area (Å²) in [6, 6.07) is 8.12. The molecule has 2 aromatic rings. The number of nitrogens with zero attached hydrogens (tertiary/aromatic N) is 2. The van der Waals surface area contributed by atoms with Crippen LogP contribution in [0.1, 0.15) is 45.0 Å². The Morgan fingerprint density at radius 2 is 1.96 bits per heavy atom. The third-order valence-corrected chi connectivity index (χ3v) is 4.03. The number of aromatic nitrogens is 2. The van der Waals surface area contributed by atoms with Crippen LogP contribution in [0.15, 0.2) is 24.3 Å². The lowest BCUT2D eigenvalue weighted by atomic mass is 9.87. The summed E-state index contributed by atoms with van der Waals surface area (Å²) < 4.78 is 9.69. The minimum Gasteiger partial charge on any atom is -0.494 e. The van der Waals surface area contributed by atoms with Crippen LogP contribution in [0.25, 0.3) is 0 Å². The number of nitrogens with one attached hydrogen (secondary N) is 1. The van der Waals surface area contributed by atoms with Crippen molar-refractivity contribution in [1.82, 2.24) is 9.36 Å². The van der Waals surface area contributed by atoms with Crippen LogP contribution in [-0.4, -0.2) is 21.9 Å². The number of anilines is 1. The van der Waals surface area contributed by atoms with Crippen LogP contribution >= 0.6 is 11.5 Å². The lowest BCUT2D eigenvalue weighted by Crippen LogP contribution is -2.13. The summed E-state index contributed by atoms with van der Waals surface area (Å²) in [5.41, 5.74) is 1.41. The van der Waals surface area contributed by atoms with E-state index in [9.17, 15) is 4.79 Å². The summed E-state index contributed by atoms with van der Waals surface area (Å²) in [5.74, 6) is 1.44. The molecule has 0 atom stereocenters. The molecule has 0 spiro atoms. The third-order valence-electron chi connectivity index (χ3n) is 3.31. The molecule has 23 heavy (non-hydrogen) atoms. The summed E-state index contributed by atoms with van der Waals surface area (Å²) >= 11 is 1.19. The molecule has 0 aliphatic carbocycles. The van der Waals surface area contributed by atoms with Crippen molar-refractivity contribution >= 4 is 22.6 Å². The molecule has 2 rings (SSSR count). The van der Waals surface area contributed by atoms with Crippen LogP contribution in [0.5, 0.6) is 5.75 Å². The summed E-state index contributed by atoms with van der Waals surface area (Å²) in [5, 5.41) is 3.28. The maximum atomic E-state index is 11.8. The quantitative estimate of drug-likeness (QED) is 0.813. The number of amides is 1. The summed E-state index contributed by atoms with van der Waals surface area (Å²) in [6.45, 7) is 8.85. The molecule has 124 valence electrons. The number of benzene rings is 1. The zero-order chi connectivity index (χ0) is 16.9. The second kappa shape index (κ2) is 7.55. The van der Waals surface area contributed by atoms with Crippen molar-refractivity contribution in [2.24, 2.45) is 0 Å². The van der Waals surface area contributed by atoms with Gasteiger partial charge in [0.2, 0.25) is 11.0 Å². The van der Waals surface area contributed by atoms with Crippen LogP contribution in [0, 0.1) is 6.92 Å². The highest BCUT2D eigenvalue weighted by Crippen LogP contribution is 2.24. The Kier molecular flexibility index (Phi) is 5.71. The van der Waals surface area contributed by atoms with E-state index in [-0.39, 0.29) is 11.3 Å². The first-order valence-electron chi connectivity index (χ1n) is 7.68. The maximum Gasteiger partial charge on any atom is 0.226 e. The fraction of sp³-hybridized carbons (Fsp3) is 0.471. The Hall–Kier alpha value is -1.95. The second-order valence-corrected chi connectivity index (χ2v) is 7.17. The van der Waals surface area contributed by atoms with Gasteiger partial charge in [-0.3, -0.25) is 4.79 Å². The fourth-order valence-electron chi connectivity index (χ4n) is 2.00. The Morgan fingerprint density at radius 3 is 2.52 bits per heavy atom. The van der Waals surface area contributed by atoms with E-state index in [2.05, 4.69) is 47.6 Å². The molecule has 1 amide bonds. The first-order valence-corrected chi connectivity index (χ1v) is 8.45. The highest BCUT2D eigenvalue weighted by molar-refractivity contribution is 7.09. The van der Waals surface area contributed by atoms with Gasteiger partial charge in [0, 0.05) is 18.0 Å². The van der Waals surface area contributed by atoms with E-state index < -0.39 is 0 Å². The van der Waals surface area contributed by atoms with Gasteiger partial charge >= 0.3 is 0 Å². The predicted molar refractivity (Wildman–Crippen MR) is 93.1 cm³/mol. The molecule has 1 N–H and O–H groups in total. The molecule has 0 aliphatic heterocycles. The van der Waals surface area contributed by atoms with Gasteiger partial charge in [0.05, 0.1) is 6.61 Å². The van der Waals surface area contributed by atoms with Gasteiger partial charge in [0.25, 0.3) is 0 Å². The third kappa shape index (κ3) is 5.63. The van der Waals surface area contributed by atoms with Crippen molar-refractivity contribution < 1.29 is 9.53 Å². The van der Waals surface area contributed by atoms with Crippen LogP contribution in [0.2, 0.25) is 0 Å². The van der Waals surface area contributed by atoms with E-state index in [1.807, 2.05) is 12.1 Å². The van der Waals surface area contributed by atoms with E-state index in [0.29, 0.717) is 30.4 Å². The van der Waals surface area contributed by atoms with Gasteiger partial charge in [-0.05, 0) is 36.5 Å². The Bertz CT molecular complexity index is 645. The molecule has 6 heteroatoms. The minimum atomic E-state index is -0.0622. The van der Waals surface area contributed by atoms with Gasteiger partial charge < -0.3 is 10.1 Å². The number of carbonyl (C=O) groups excluding carboxylic acids is 1. The van der Waals surface area contributed by atoms with Crippen LogP contribution in [-0.2, 0) is 10.2 Å². The van der Waals surface area contributed by atoms with Crippen molar-refractivity contribution in [3.8, 4) is 5.75 Å². The standard InChI is InChI=1S/C17H23N3O2S/c1-12-18-16(23-20-12)19-15(21)6-5-11-22-14-9-7-13(8-10-14)17(2,3)4/h7-10H,5-6,11H2,1-4H3,(H,18,19,20,21). The zero-order valence-corrected chi connectivity index (χ0v) is 14.9. The Balaban J connectivity index is 1.70. The molecule has 0 fully saturated rings. The smallest absolute Gasteiger partial charge is 0.226 e. The topological polar surface area (TPSA) is 64.1 Å². The number of hydrogen-bond acceptors (Lipinski definition) is 5. The molecular formula is C17H23N3O2S. The van der Waals surface area contributed by atoms with E-state index in [4.69, 9.17) is 4.74 Å². The fourth-order valence-corrected chi connectivity index (χ4v) is 2.60. The molecule has 1 aromatic heterocycles. The summed E-state index contributed by atoms with van der Waals surface area (Å²) in [6.07, 6.45) is 1.06. The minimum absolute atomic E-state index is 0.0622. The van der Waals surface area contributed by atoms with Crippen molar-refractivity contribution in [2.45, 2.75) is 46.0 Å². The van der Waals surface area contributed by atoms with Crippen LogP contribution < -0.4 is 10.1 Å². The molecule has 0 bridgehead atoms. The van der Waals surface area contributed by atoms with Crippen molar-refractivity contribution in [2.75, 3.05) is 11.9 Å². The molecule has 0 radical (unpaired) electrons. The van der Waals surface area contributed by atoms with E-state index in [0.717, 1.165) is 5.75 Å². The first kappa shape index (κ1) is 17.4. The Labute approximate surface area is 141 Å². The lowest BCUT2D eigenvalue weighted by Gasteiger charge is -2.19. The molecule has 0 aliphatic rings. The zero-order valence-electron chi connectivity index (χ0n) is 14.0. The summed E-state index contributed by atoms with van der Waals surface area (Å²) in [7, 11) is 0. The first-order chi connectivity index (χ1) is 10.8. The summed E-state index contributed by atoms with van der Waals surface area (Å²) in [4.78, 5) is 15.9. The van der Waals surface area contributed by atoms with Gasteiger partial charge in [-0.1, -0.05) is 32.9 Å². The molecule has 5 nitrogen and oxygen atoms in total. The average Bonchev–Trinajstić information content (AvgIpc) is 2.88. The van der Waals surface area contributed by atoms with Gasteiger partial charge in [-0.15, -0.1) is 0 Å². The van der Waals surface area contributed by atoms with Crippen LogP contribution in [0.3, 0.4) is 0 Å². The van der Waals surface area contributed by atoms with Crippen molar-refractivity contribution in [3.63, 3.8) is 0 Å². The number of carbonyl (C=O) groups is 1. The van der Waals surface area contributed by atoms with Gasteiger partial charge in [0.1, 0.15) is 11.6 Å². The average molecular weight is 333 g/mol. The maximum absolute atomic E-state index is 11.8. The lowest BCUT2D eigenvalue weighted by molar-refractivity contribution is -0.116. The van der Waals surface area contributed by atoms with E-state index in [1.54, 1.807) is 6.92 Å². The van der Waals surface area contributed by atoms with E-state index >= 15 is 0 Å². The molecule has 1 heterocycles. The predicted octanol–water partition coefficient (Wildman–Crippen LogP) is 3.94. The van der Waals surface area contributed by atoms with Gasteiger partial charge in [-0.2, -0.15) is 4.37 Å². The molecule has 0 unspecified atom stereocenters. The highest BCUT2D eigenvalue weighted by atomic mass is 32.1. The molecule has 0 saturated carbocycles. The molecule has 1 aromatic carbocycles. The molecular weight excluding hydrogens is 310 g/mol. The normalized spacial score (nSPS) is 11.3. The largest absolute Gasteiger partial charge is 0.494 e. The number of rotatable bonds is 6.